The molecule has 2 nitrogen and oxygen atoms in total. The lowest BCUT2D eigenvalue weighted by molar-refractivity contribution is 0.424. The molecule has 0 aliphatic rings. The Morgan fingerprint density at radius 3 is 2.33 bits per heavy atom. The highest BCUT2D eigenvalue weighted by atomic mass is 16.4. The van der Waals surface area contributed by atoms with Gasteiger partial charge in [0.05, 0.1) is 0 Å². The molecule has 0 aromatic heterocycles. The Morgan fingerprint density at radius 1 is 0.944 bits per heavy atom. The van der Waals surface area contributed by atoms with Crippen molar-refractivity contribution in [3.05, 3.63) is 65.6 Å². The molecule has 0 fully saturated rings. The van der Waals surface area contributed by atoms with Crippen LogP contribution < -0.4 is 0 Å². The summed E-state index contributed by atoms with van der Waals surface area (Å²) < 4.78 is 0. The molecule has 0 spiro atoms. The second-order valence-electron chi connectivity index (χ2n) is 4.26. The zero-order chi connectivity index (χ0) is 13.0. The van der Waals surface area contributed by atoms with E-state index in [2.05, 4.69) is 31.2 Å². The Kier molecular flexibility index (Phi) is 3.97. The number of aryl methyl sites for hydroxylation is 1. The number of hydrogen-bond acceptors (Lipinski definition) is 2. The monoisotopic (exact) mass is 238 g/mol. The van der Waals surface area contributed by atoms with Gasteiger partial charge in [-0.1, -0.05) is 60.1 Å². The normalized spacial score (nSPS) is 10.8. The van der Waals surface area contributed by atoms with Crippen molar-refractivity contribution in [3.8, 4) is 11.1 Å². The van der Waals surface area contributed by atoms with Crippen LogP contribution in [0.3, 0.4) is 0 Å². The summed E-state index contributed by atoms with van der Waals surface area (Å²) in [6.07, 6.45) is 1.70. The van der Waals surface area contributed by atoms with Crippen LogP contribution in [0.2, 0.25) is 0 Å². The van der Waals surface area contributed by atoms with Crippen LogP contribution in [0.4, 0.5) is 0 Å². The van der Waals surface area contributed by atoms with E-state index in [1.54, 1.807) is 6.08 Å². The van der Waals surface area contributed by atoms with Gasteiger partial charge in [-0.25, -0.2) is 0 Å². The van der Waals surface area contributed by atoms with Crippen molar-refractivity contribution in [1.29, 1.82) is 0 Å². The summed E-state index contributed by atoms with van der Waals surface area (Å²) >= 11 is 0. The molecule has 0 saturated heterocycles. The minimum atomic E-state index is -1.41. The molecule has 2 rings (SSSR count). The molecule has 0 aliphatic heterocycles. The highest BCUT2D eigenvalue weighted by Crippen LogP contribution is 2.21. The topological polar surface area (TPSA) is 40.5 Å². The average molecular weight is 238 g/mol. The van der Waals surface area contributed by atoms with E-state index in [-0.39, 0.29) is 0 Å². The average Bonchev–Trinajstić information content (AvgIpc) is 2.37. The van der Waals surface area contributed by atoms with Crippen molar-refractivity contribution < 1.29 is 10.0 Å². The van der Waals surface area contributed by atoms with E-state index in [0.717, 1.165) is 16.7 Å². The molecule has 0 amide bonds. The minimum absolute atomic E-state index is 0.946. The van der Waals surface area contributed by atoms with Gasteiger partial charge in [0, 0.05) is 0 Å². The molecule has 0 unspecified atom stereocenters. The largest absolute Gasteiger partial charge is 0.480 e. The molecule has 2 aromatic rings. The third-order valence-electron chi connectivity index (χ3n) is 2.73. The van der Waals surface area contributed by atoms with Crippen molar-refractivity contribution in [3.63, 3.8) is 0 Å². The predicted octanol–water partition coefficient (Wildman–Crippen LogP) is 2.69. The molecule has 18 heavy (non-hydrogen) atoms. The second-order valence-corrected chi connectivity index (χ2v) is 4.26. The molecule has 3 heteroatoms. The lowest BCUT2D eigenvalue weighted by Gasteiger charge is -2.03. The first-order valence-electron chi connectivity index (χ1n) is 5.86. The Bertz CT molecular complexity index is 545. The van der Waals surface area contributed by atoms with E-state index in [4.69, 9.17) is 10.0 Å². The van der Waals surface area contributed by atoms with Crippen LogP contribution >= 0.6 is 0 Å². The summed E-state index contributed by atoms with van der Waals surface area (Å²) in [6.45, 7) is 2.06. The first-order valence-corrected chi connectivity index (χ1v) is 5.86. The van der Waals surface area contributed by atoms with Crippen LogP contribution in [0, 0.1) is 6.92 Å². The van der Waals surface area contributed by atoms with Gasteiger partial charge in [-0.2, -0.15) is 0 Å². The summed E-state index contributed by atoms with van der Waals surface area (Å²) in [5, 5.41) is 17.6. The van der Waals surface area contributed by atoms with E-state index in [1.807, 2.05) is 24.3 Å². The van der Waals surface area contributed by atoms with Crippen LogP contribution in [0.5, 0.6) is 0 Å². The maximum Gasteiger partial charge on any atom is 0.480 e. The molecule has 0 heterocycles. The van der Waals surface area contributed by atoms with Crippen LogP contribution in [0.15, 0.2) is 54.5 Å². The van der Waals surface area contributed by atoms with Crippen LogP contribution in [0.1, 0.15) is 11.1 Å². The van der Waals surface area contributed by atoms with E-state index in [0.29, 0.717) is 0 Å². The maximum atomic E-state index is 8.80. The van der Waals surface area contributed by atoms with Crippen molar-refractivity contribution in [2.24, 2.45) is 0 Å². The maximum absolute atomic E-state index is 8.80. The summed E-state index contributed by atoms with van der Waals surface area (Å²) in [4.78, 5) is 0. The Balaban J connectivity index is 2.29. The van der Waals surface area contributed by atoms with Crippen molar-refractivity contribution in [1.82, 2.24) is 0 Å². The third-order valence-corrected chi connectivity index (χ3v) is 2.73. The highest BCUT2D eigenvalue weighted by Gasteiger charge is 2.00. The van der Waals surface area contributed by atoms with Gasteiger partial charge >= 0.3 is 7.12 Å². The van der Waals surface area contributed by atoms with E-state index >= 15 is 0 Å². The fourth-order valence-corrected chi connectivity index (χ4v) is 1.77. The summed E-state index contributed by atoms with van der Waals surface area (Å²) in [7, 11) is -1.41. The van der Waals surface area contributed by atoms with Crippen molar-refractivity contribution in [2.75, 3.05) is 0 Å². The van der Waals surface area contributed by atoms with Gasteiger partial charge in [0.25, 0.3) is 0 Å². The molecule has 0 aliphatic carbocycles. The predicted molar refractivity (Wildman–Crippen MR) is 75.8 cm³/mol. The van der Waals surface area contributed by atoms with E-state index < -0.39 is 7.12 Å². The van der Waals surface area contributed by atoms with Crippen LogP contribution in [0.25, 0.3) is 17.2 Å². The molecule has 0 saturated carbocycles. The minimum Gasteiger partial charge on any atom is -0.424 e. The first kappa shape index (κ1) is 12.6. The van der Waals surface area contributed by atoms with Gasteiger partial charge in [-0.15, -0.1) is 0 Å². The smallest absolute Gasteiger partial charge is 0.424 e. The number of benzene rings is 2. The molecule has 0 radical (unpaired) electrons. The SMILES string of the molecule is Cc1ccc(-c2cccc(/C=C/B(O)O)c2)cc1. The third kappa shape index (κ3) is 3.33. The molecule has 2 aromatic carbocycles. The standard InChI is InChI=1S/C15H15BO2/c1-12-5-7-14(8-6-12)15-4-2-3-13(11-15)9-10-16(17)18/h2-11,17-18H,1H3/b10-9+. The van der Waals surface area contributed by atoms with Gasteiger partial charge in [0.15, 0.2) is 0 Å². The zero-order valence-electron chi connectivity index (χ0n) is 10.2. The van der Waals surface area contributed by atoms with E-state index in [9.17, 15) is 0 Å². The van der Waals surface area contributed by atoms with Gasteiger partial charge in [-0.05, 0) is 29.7 Å². The van der Waals surface area contributed by atoms with Crippen molar-refractivity contribution in [2.45, 2.75) is 6.92 Å². The fourth-order valence-electron chi connectivity index (χ4n) is 1.77. The van der Waals surface area contributed by atoms with Crippen molar-refractivity contribution >= 4 is 13.2 Å². The fraction of sp³-hybridized carbons (Fsp3) is 0.0667. The van der Waals surface area contributed by atoms with Gasteiger partial charge in [0.1, 0.15) is 0 Å². The highest BCUT2D eigenvalue weighted by molar-refractivity contribution is 6.48. The van der Waals surface area contributed by atoms with Crippen LogP contribution in [-0.2, 0) is 0 Å². The Morgan fingerprint density at radius 2 is 1.67 bits per heavy atom. The molecule has 0 atom stereocenters. The van der Waals surface area contributed by atoms with Crippen LogP contribution in [-0.4, -0.2) is 17.2 Å². The number of rotatable bonds is 3. The lowest BCUT2D eigenvalue weighted by Crippen LogP contribution is -2.05. The summed E-state index contributed by atoms with van der Waals surface area (Å²) in [6, 6.07) is 16.3. The van der Waals surface area contributed by atoms with E-state index in [1.165, 1.54) is 11.5 Å². The Labute approximate surface area is 107 Å². The molecular formula is C15H15BO2. The molecule has 0 bridgehead atoms. The quantitative estimate of drug-likeness (QED) is 0.807. The summed E-state index contributed by atoms with van der Waals surface area (Å²) in [5.74, 6) is 1.34. The molecule has 90 valence electrons. The second kappa shape index (κ2) is 5.67. The molecule has 2 N–H and O–H groups in total. The van der Waals surface area contributed by atoms with Gasteiger partial charge < -0.3 is 10.0 Å². The van der Waals surface area contributed by atoms with Gasteiger partial charge in [-0.3, -0.25) is 0 Å². The zero-order valence-corrected chi connectivity index (χ0v) is 10.2. The Hall–Kier alpha value is -1.84. The summed E-state index contributed by atoms with van der Waals surface area (Å²) in [5.41, 5.74) is 4.45. The number of hydrogen-bond donors (Lipinski definition) is 2. The molecular weight excluding hydrogens is 223 g/mol. The first-order chi connectivity index (χ1) is 8.65. The van der Waals surface area contributed by atoms with Gasteiger partial charge in [0.2, 0.25) is 0 Å². The lowest BCUT2D eigenvalue weighted by atomic mass is 9.90.